The van der Waals surface area contributed by atoms with Gasteiger partial charge in [0, 0.05) is 24.5 Å². The number of anilines is 2. The molecule has 0 aliphatic carbocycles. The Hall–Kier alpha value is -3.09. The van der Waals surface area contributed by atoms with Crippen molar-refractivity contribution >= 4 is 23.3 Å². The number of nitrogens with one attached hydrogen (secondary N) is 1. The lowest BCUT2D eigenvalue weighted by Gasteiger charge is -2.20. The number of carbonyl (C=O) groups excluding carboxylic acids is 2. The first-order chi connectivity index (χ1) is 12.0. The fourth-order valence-corrected chi connectivity index (χ4v) is 2.85. The molecule has 1 aromatic carbocycles. The Morgan fingerprint density at radius 1 is 1.28 bits per heavy atom. The number of methoxy groups -OCH3 is 1. The molecule has 2 aromatic rings. The molecule has 1 aliphatic rings. The Balaban J connectivity index is 1.83. The normalized spacial score (nSPS) is 15.5. The first-order valence-electron chi connectivity index (χ1n) is 7.94. The average molecular weight is 340 g/mol. The second-order valence-electron chi connectivity index (χ2n) is 5.90. The van der Waals surface area contributed by atoms with E-state index in [4.69, 9.17) is 4.74 Å². The van der Waals surface area contributed by atoms with Crippen molar-refractivity contribution in [2.24, 2.45) is 0 Å². The second kappa shape index (κ2) is 6.80. The largest absolute Gasteiger partial charge is 0.495 e. The number of imide groups is 1. The SMILES string of the molecule is COc1cnccc1C(C)Nc1cccc(N2C(=O)CN(C)C2=O)c1. The van der Waals surface area contributed by atoms with Gasteiger partial charge in [-0.2, -0.15) is 0 Å². The van der Waals surface area contributed by atoms with Crippen molar-refractivity contribution in [2.45, 2.75) is 13.0 Å². The summed E-state index contributed by atoms with van der Waals surface area (Å²) in [6.45, 7) is 2.10. The number of nitrogens with zero attached hydrogens (tertiary/aromatic N) is 3. The number of aromatic nitrogens is 1. The maximum Gasteiger partial charge on any atom is 0.331 e. The molecule has 1 unspecified atom stereocenters. The monoisotopic (exact) mass is 340 g/mol. The van der Waals surface area contributed by atoms with Crippen molar-refractivity contribution in [1.82, 2.24) is 9.88 Å². The molecule has 3 amide bonds. The molecule has 25 heavy (non-hydrogen) atoms. The van der Waals surface area contributed by atoms with Crippen molar-refractivity contribution < 1.29 is 14.3 Å². The van der Waals surface area contributed by atoms with Gasteiger partial charge < -0.3 is 15.0 Å². The zero-order valence-corrected chi connectivity index (χ0v) is 14.4. The molecule has 2 heterocycles. The third-order valence-corrected chi connectivity index (χ3v) is 4.13. The van der Waals surface area contributed by atoms with Crippen molar-refractivity contribution in [3.63, 3.8) is 0 Å². The lowest BCUT2D eigenvalue weighted by Crippen LogP contribution is -2.31. The number of amides is 3. The highest BCUT2D eigenvalue weighted by atomic mass is 16.5. The quantitative estimate of drug-likeness (QED) is 0.847. The predicted molar refractivity (Wildman–Crippen MR) is 94.8 cm³/mol. The number of benzene rings is 1. The summed E-state index contributed by atoms with van der Waals surface area (Å²) in [7, 11) is 3.22. The summed E-state index contributed by atoms with van der Waals surface area (Å²) in [5, 5.41) is 3.37. The minimum absolute atomic E-state index is 0.0409. The first-order valence-corrected chi connectivity index (χ1v) is 7.94. The lowest BCUT2D eigenvalue weighted by molar-refractivity contribution is -0.116. The van der Waals surface area contributed by atoms with Gasteiger partial charge in [0.15, 0.2) is 0 Å². The van der Waals surface area contributed by atoms with E-state index in [1.165, 1.54) is 9.80 Å². The van der Waals surface area contributed by atoms with Gasteiger partial charge in [-0.15, -0.1) is 0 Å². The smallest absolute Gasteiger partial charge is 0.331 e. The Morgan fingerprint density at radius 3 is 2.76 bits per heavy atom. The van der Waals surface area contributed by atoms with Crippen LogP contribution in [0.2, 0.25) is 0 Å². The van der Waals surface area contributed by atoms with E-state index in [1.54, 1.807) is 38.7 Å². The van der Waals surface area contributed by atoms with Gasteiger partial charge in [0.25, 0.3) is 5.91 Å². The number of rotatable bonds is 5. The number of ether oxygens (including phenoxy) is 1. The number of carbonyl (C=O) groups is 2. The number of hydrogen-bond donors (Lipinski definition) is 1. The van der Waals surface area contributed by atoms with Crippen LogP contribution in [0.5, 0.6) is 5.75 Å². The van der Waals surface area contributed by atoms with Crippen molar-refractivity contribution in [1.29, 1.82) is 0 Å². The minimum atomic E-state index is -0.314. The Morgan fingerprint density at radius 2 is 2.08 bits per heavy atom. The van der Waals surface area contributed by atoms with Gasteiger partial charge in [0.05, 0.1) is 25.0 Å². The molecule has 3 rings (SSSR count). The van der Waals surface area contributed by atoms with E-state index in [-0.39, 0.29) is 24.5 Å². The van der Waals surface area contributed by atoms with Gasteiger partial charge in [0.1, 0.15) is 12.3 Å². The van der Waals surface area contributed by atoms with E-state index in [1.807, 2.05) is 25.1 Å². The van der Waals surface area contributed by atoms with Crippen LogP contribution in [0.4, 0.5) is 16.2 Å². The molecule has 7 heteroatoms. The fraction of sp³-hybridized carbons (Fsp3) is 0.278. The zero-order chi connectivity index (χ0) is 18.0. The van der Waals surface area contributed by atoms with Crippen LogP contribution in [-0.4, -0.2) is 42.5 Å². The van der Waals surface area contributed by atoms with Crippen LogP contribution in [0.25, 0.3) is 0 Å². The van der Waals surface area contributed by atoms with E-state index >= 15 is 0 Å². The highest BCUT2D eigenvalue weighted by Crippen LogP contribution is 2.29. The number of urea groups is 1. The summed E-state index contributed by atoms with van der Waals surface area (Å²) in [5.41, 5.74) is 2.33. The Kier molecular flexibility index (Phi) is 4.56. The second-order valence-corrected chi connectivity index (χ2v) is 5.90. The lowest BCUT2D eigenvalue weighted by atomic mass is 10.1. The van der Waals surface area contributed by atoms with Crippen LogP contribution in [0.3, 0.4) is 0 Å². The summed E-state index contributed by atoms with van der Waals surface area (Å²) in [5.74, 6) is 0.471. The van der Waals surface area contributed by atoms with Crippen LogP contribution < -0.4 is 15.0 Å². The van der Waals surface area contributed by atoms with Gasteiger partial charge in [-0.1, -0.05) is 6.07 Å². The zero-order valence-electron chi connectivity index (χ0n) is 14.4. The van der Waals surface area contributed by atoms with Crippen LogP contribution in [0.15, 0.2) is 42.7 Å². The van der Waals surface area contributed by atoms with Gasteiger partial charge in [-0.05, 0) is 31.2 Å². The number of likely N-dealkylation sites (N-methyl/N-ethyl adjacent to an activating group) is 1. The van der Waals surface area contributed by atoms with Gasteiger partial charge in [-0.25, -0.2) is 9.69 Å². The molecule has 1 aromatic heterocycles. The Labute approximate surface area is 146 Å². The predicted octanol–water partition coefficient (Wildman–Crippen LogP) is 2.66. The topological polar surface area (TPSA) is 74.8 Å². The summed E-state index contributed by atoms with van der Waals surface area (Å²) < 4.78 is 5.34. The standard InChI is InChI=1S/C18H20N4O3/c1-12(15-7-8-19-10-16(15)25-3)20-13-5-4-6-14(9-13)22-17(23)11-21(2)18(22)24/h4-10,12,20H,11H2,1-3H3. The summed E-state index contributed by atoms with van der Waals surface area (Å²) in [6.07, 6.45) is 3.38. The highest BCUT2D eigenvalue weighted by molar-refractivity contribution is 6.19. The van der Waals surface area contributed by atoms with Crippen LogP contribution in [0, 0.1) is 0 Å². The van der Waals surface area contributed by atoms with Crippen molar-refractivity contribution in [3.8, 4) is 5.75 Å². The third-order valence-electron chi connectivity index (χ3n) is 4.13. The summed E-state index contributed by atoms with van der Waals surface area (Å²) in [6, 6.07) is 8.78. The summed E-state index contributed by atoms with van der Waals surface area (Å²) >= 11 is 0. The molecule has 1 fully saturated rings. The molecule has 7 nitrogen and oxygen atoms in total. The molecule has 0 spiro atoms. The summed E-state index contributed by atoms with van der Waals surface area (Å²) in [4.78, 5) is 30.8. The fourth-order valence-electron chi connectivity index (χ4n) is 2.85. The Bertz CT molecular complexity index is 808. The molecule has 130 valence electrons. The van der Waals surface area contributed by atoms with E-state index in [0.717, 1.165) is 11.3 Å². The van der Waals surface area contributed by atoms with Crippen LogP contribution >= 0.6 is 0 Å². The molecule has 0 radical (unpaired) electrons. The molecule has 0 bridgehead atoms. The molecule has 1 aliphatic heterocycles. The van der Waals surface area contributed by atoms with Crippen LogP contribution in [0.1, 0.15) is 18.5 Å². The van der Waals surface area contributed by atoms with E-state index < -0.39 is 0 Å². The minimum Gasteiger partial charge on any atom is -0.495 e. The van der Waals surface area contributed by atoms with Gasteiger partial charge >= 0.3 is 6.03 Å². The third kappa shape index (κ3) is 3.26. The van der Waals surface area contributed by atoms with Gasteiger partial charge in [0.2, 0.25) is 0 Å². The maximum atomic E-state index is 12.1. The molecular formula is C18H20N4O3. The molecule has 1 atom stereocenters. The van der Waals surface area contributed by atoms with Crippen LogP contribution in [-0.2, 0) is 4.79 Å². The van der Waals surface area contributed by atoms with Gasteiger partial charge in [-0.3, -0.25) is 9.78 Å². The maximum absolute atomic E-state index is 12.1. The van der Waals surface area contributed by atoms with E-state index in [2.05, 4.69) is 10.3 Å². The average Bonchev–Trinajstić information content (AvgIpc) is 2.87. The highest BCUT2D eigenvalue weighted by Gasteiger charge is 2.34. The first kappa shape index (κ1) is 16.8. The molecule has 0 saturated carbocycles. The van der Waals surface area contributed by atoms with E-state index in [0.29, 0.717) is 11.4 Å². The number of pyridine rings is 1. The van der Waals surface area contributed by atoms with E-state index in [9.17, 15) is 9.59 Å². The molecule has 1 N–H and O–H groups in total. The molecule has 1 saturated heterocycles. The molecular weight excluding hydrogens is 320 g/mol. The number of hydrogen-bond acceptors (Lipinski definition) is 5. The van der Waals surface area contributed by atoms with Crippen molar-refractivity contribution in [2.75, 3.05) is 30.9 Å². The van der Waals surface area contributed by atoms with Crippen molar-refractivity contribution in [3.05, 3.63) is 48.3 Å².